The fourth-order valence-corrected chi connectivity index (χ4v) is 3.20. The highest BCUT2D eigenvalue weighted by Crippen LogP contribution is 2.49. The first-order chi connectivity index (χ1) is 9.78. The quantitative estimate of drug-likeness (QED) is 0.892. The number of hydrogen-bond donors (Lipinski definition) is 1. The first kappa shape index (κ1) is 13.5. The number of nitrogens with one attached hydrogen (secondary N) is 1. The van der Waals surface area contributed by atoms with Crippen molar-refractivity contribution in [3.8, 4) is 11.8 Å². The van der Waals surface area contributed by atoms with Crippen LogP contribution in [0.25, 0.3) is 0 Å². The molecule has 1 fully saturated rings. The van der Waals surface area contributed by atoms with Gasteiger partial charge in [0.2, 0.25) is 0 Å². The minimum Gasteiger partial charge on any atom is -0.493 e. The summed E-state index contributed by atoms with van der Waals surface area (Å²) in [6.45, 7) is 0.696. The molecule has 1 saturated carbocycles. The summed E-state index contributed by atoms with van der Waals surface area (Å²) in [5.74, 6) is 1.03. The lowest BCUT2D eigenvalue weighted by atomic mass is 9.87. The van der Waals surface area contributed by atoms with Gasteiger partial charge in [0.05, 0.1) is 12.7 Å². The van der Waals surface area contributed by atoms with E-state index >= 15 is 0 Å². The molecule has 2 aliphatic rings. The van der Waals surface area contributed by atoms with Crippen LogP contribution in [0.4, 0.5) is 0 Å². The maximum Gasteiger partial charge on any atom is 0.122 e. The number of nitrogens with zero attached hydrogens (tertiary/aromatic N) is 1. The summed E-state index contributed by atoms with van der Waals surface area (Å²) in [4.78, 5) is 0. The predicted octanol–water partition coefficient (Wildman–Crippen LogP) is 3.36. The Balaban J connectivity index is 1.76. The molecule has 1 N–H and O–H groups in total. The van der Waals surface area contributed by atoms with Gasteiger partial charge in [-0.15, -0.1) is 0 Å². The van der Waals surface area contributed by atoms with Crippen LogP contribution in [0.3, 0.4) is 0 Å². The maximum atomic E-state index is 8.88. The molecule has 0 spiro atoms. The van der Waals surface area contributed by atoms with Gasteiger partial charge in [-0.25, -0.2) is 0 Å². The van der Waals surface area contributed by atoms with Crippen LogP contribution in [-0.2, 0) is 6.42 Å². The number of hydrogen-bond acceptors (Lipinski definition) is 3. The Labute approximate surface area is 120 Å². The monoisotopic (exact) mass is 270 g/mol. The SMILES string of the molecule is CNC1CCCc2c(OCC3(CC#N)CC3)cccc21. The van der Waals surface area contributed by atoms with Crippen LogP contribution >= 0.6 is 0 Å². The number of fused-ring (bicyclic) bond motifs is 1. The second-order valence-corrected chi connectivity index (χ2v) is 6.18. The Kier molecular flexibility index (Phi) is 3.67. The standard InChI is InChI=1S/C17H22N2O/c1-19-15-6-2-5-14-13(15)4-3-7-16(14)20-12-17(8-9-17)10-11-18/h3-4,7,15,19H,2,5-6,8-10,12H2,1H3. The van der Waals surface area contributed by atoms with Crippen LogP contribution in [0.1, 0.15) is 49.3 Å². The van der Waals surface area contributed by atoms with Gasteiger partial charge in [0, 0.05) is 17.9 Å². The third-order valence-electron chi connectivity index (χ3n) is 4.76. The second kappa shape index (κ2) is 5.46. The molecule has 0 aromatic heterocycles. The number of nitriles is 1. The molecule has 0 radical (unpaired) electrons. The molecular weight excluding hydrogens is 248 g/mol. The lowest BCUT2D eigenvalue weighted by Gasteiger charge is -2.27. The topological polar surface area (TPSA) is 45.0 Å². The van der Waals surface area contributed by atoms with Gasteiger partial charge in [0.25, 0.3) is 0 Å². The first-order valence-electron chi connectivity index (χ1n) is 7.57. The lowest BCUT2D eigenvalue weighted by molar-refractivity contribution is 0.233. The van der Waals surface area contributed by atoms with Gasteiger partial charge >= 0.3 is 0 Å². The van der Waals surface area contributed by atoms with Crippen molar-refractivity contribution in [1.82, 2.24) is 5.32 Å². The van der Waals surface area contributed by atoms with E-state index in [-0.39, 0.29) is 5.41 Å². The minimum absolute atomic E-state index is 0.147. The average Bonchev–Trinajstić information content (AvgIpc) is 3.25. The number of ether oxygens (including phenoxy) is 1. The molecule has 0 aliphatic heterocycles. The Morgan fingerprint density at radius 3 is 3.00 bits per heavy atom. The van der Waals surface area contributed by atoms with Crippen molar-refractivity contribution in [2.24, 2.45) is 5.41 Å². The molecule has 0 heterocycles. The van der Waals surface area contributed by atoms with Crippen LogP contribution < -0.4 is 10.1 Å². The molecule has 1 atom stereocenters. The summed E-state index contributed by atoms with van der Waals surface area (Å²) in [6, 6.07) is 9.14. The van der Waals surface area contributed by atoms with Gasteiger partial charge in [-0.05, 0) is 56.3 Å². The minimum atomic E-state index is 0.147. The van der Waals surface area contributed by atoms with Crippen molar-refractivity contribution in [3.63, 3.8) is 0 Å². The van der Waals surface area contributed by atoms with E-state index in [0.29, 0.717) is 19.1 Å². The Morgan fingerprint density at radius 1 is 1.45 bits per heavy atom. The van der Waals surface area contributed by atoms with Crippen molar-refractivity contribution < 1.29 is 4.74 Å². The molecule has 20 heavy (non-hydrogen) atoms. The fraction of sp³-hybridized carbons (Fsp3) is 0.588. The van der Waals surface area contributed by atoms with Crippen LogP contribution in [0.2, 0.25) is 0 Å². The van der Waals surface area contributed by atoms with Gasteiger partial charge in [0.15, 0.2) is 0 Å². The smallest absolute Gasteiger partial charge is 0.122 e. The van der Waals surface area contributed by atoms with Crippen LogP contribution in [0.15, 0.2) is 18.2 Å². The largest absolute Gasteiger partial charge is 0.493 e. The van der Waals surface area contributed by atoms with Crippen LogP contribution in [0.5, 0.6) is 5.75 Å². The summed E-state index contributed by atoms with van der Waals surface area (Å²) in [7, 11) is 2.03. The molecule has 3 nitrogen and oxygen atoms in total. The third kappa shape index (κ3) is 2.53. The summed E-state index contributed by atoms with van der Waals surface area (Å²) < 4.78 is 6.10. The summed E-state index contributed by atoms with van der Waals surface area (Å²) >= 11 is 0. The van der Waals surface area contributed by atoms with Crippen LogP contribution in [0, 0.1) is 16.7 Å². The van der Waals surface area contributed by atoms with E-state index in [4.69, 9.17) is 10.00 Å². The molecule has 0 amide bonds. The van der Waals surface area contributed by atoms with Gasteiger partial charge in [-0.1, -0.05) is 12.1 Å². The molecule has 1 aromatic rings. The molecule has 106 valence electrons. The summed E-state index contributed by atoms with van der Waals surface area (Å²) in [5.41, 5.74) is 2.90. The van der Waals surface area contributed by atoms with Gasteiger partial charge < -0.3 is 10.1 Å². The van der Waals surface area contributed by atoms with Crippen molar-refractivity contribution in [3.05, 3.63) is 29.3 Å². The van der Waals surface area contributed by atoms with E-state index in [1.54, 1.807) is 0 Å². The molecule has 3 heteroatoms. The average molecular weight is 270 g/mol. The van der Waals surface area contributed by atoms with E-state index in [2.05, 4.69) is 29.6 Å². The molecule has 1 unspecified atom stereocenters. The van der Waals surface area contributed by atoms with Crippen molar-refractivity contribution in [2.45, 2.75) is 44.6 Å². The zero-order valence-corrected chi connectivity index (χ0v) is 12.1. The highest BCUT2D eigenvalue weighted by Gasteiger charge is 2.43. The predicted molar refractivity (Wildman–Crippen MR) is 78.6 cm³/mol. The molecule has 0 saturated heterocycles. The number of rotatable bonds is 5. The molecular formula is C17H22N2O. The highest BCUT2D eigenvalue weighted by molar-refractivity contribution is 5.43. The lowest BCUT2D eigenvalue weighted by Crippen LogP contribution is -2.22. The van der Waals surface area contributed by atoms with E-state index in [0.717, 1.165) is 25.0 Å². The molecule has 3 rings (SSSR count). The Morgan fingerprint density at radius 2 is 2.30 bits per heavy atom. The molecule has 0 bridgehead atoms. The zero-order valence-electron chi connectivity index (χ0n) is 12.1. The van der Waals surface area contributed by atoms with Gasteiger partial charge in [-0.3, -0.25) is 0 Å². The summed E-state index contributed by atoms with van der Waals surface area (Å²) in [6.07, 6.45) is 6.41. The molecule has 2 aliphatic carbocycles. The first-order valence-corrected chi connectivity index (χ1v) is 7.57. The van der Waals surface area contributed by atoms with E-state index in [1.165, 1.54) is 24.0 Å². The normalized spacial score (nSPS) is 22.7. The van der Waals surface area contributed by atoms with Crippen LogP contribution in [-0.4, -0.2) is 13.7 Å². The Bertz CT molecular complexity index is 528. The van der Waals surface area contributed by atoms with Crippen molar-refractivity contribution >= 4 is 0 Å². The fourth-order valence-electron chi connectivity index (χ4n) is 3.20. The van der Waals surface area contributed by atoms with E-state index < -0.39 is 0 Å². The Hall–Kier alpha value is -1.53. The van der Waals surface area contributed by atoms with Crippen molar-refractivity contribution in [1.29, 1.82) is 5.26 Å². The van der Waals surface area contributed by atoms with E-state index in [1.807, 2.05) is 7.05 Å². The van der Waals surface area contributed by atoms with Gasteiger partial charge in [0.1, 0.15) is 5.75 Å². The zero-order chi connectivity index (χ0) is 14.0. The third-order valence-corrected chi connectivity index (χ3v) is 4.76. The second-order valence-electron chi connectivity index (χ2n) is 6.18. The maximum absolute atomic E-state index is 8.88. The van der Waals surface area contributed by atoms with Gasteiger partial charge in [-0.2, -0.15) is 5.26 Å². The van der Waals surface area contributed by atoms with E-state index in [9.17, 15) is 0 Å². The van der Waals surface area contributed by atoms with Crippen molar-refractivity contribution in [2.75, 3.05) is 13.7 Å². The highest BCUT2D eigenvalue weighted by atomic mass is 16.5. The summed E-state index contributed by atoms with van der Waals surface area (Å²) in [5, 5.41) is 12.3. The molecule has 1 aromatic carbocycles. The number of benzene rings is 1.